The highest BCUT2D eigenvalue weighted by Crippen LogP contribution is 2.27. The Hall–Kier alpha value is -1.32. The van der Waals surface area contributed by atoms with Crippen molar-refractivity contribution < 1.29 is 9.53 Å². The van der Waals surface area contributed by atoms with Gasteiger partial charge in [0.15, 0.2) is 5.96 Å². The van der Waals surface area contributed by atoms with E-state index in [4.69, 9.17) is 9.73 Å². The van der Waals surface area contributed by atoms with E-state index in [1.807, 2.05) is 19.4 Å². The van der Waals surface area contributed by atoms with Crippen molar-refractivity contribution in [2.45, 2.75) is 71.8 Å². The lowest BCUT2D eigenvalue weighted by atomic mass is 9.93. The highest BCUT2D eigenvalue weighted by atomic mass is 127. The Bertz CT molecular complexity index is 609. The van der Waals surface area contributed by atoms with E-state index >= 15 is 0 Å². The summed E-state index contributed by atoms with van der Waals surface area (Å²) in [6.45, 7) is 10.5. The zero-order valence-corrected chi connectivity index (χ0v) is 21.2. The number of nitrogens with zero attached hydrogens (tertiary/aromatic N) is 4. The van der Waals surface area contributed by atoms with Crippen LogP contribution < -0.4 is 5.32 Å². The number of nitrogens with one attached hydrogen (secondary N) is 1. The minimum absolute atomic E-state index is 0. The number of piperidine rings is 1. The van der Waals surface area contributed by atoms with Gasteiger partial charge in [-0.25, -0.2) is 4.98 Å². The molecule has 1 aromatic heterocycles. The van der Waals surface area contributed by atoms with Crippen LogP contribution in [0.2, 0.25) is 0 Å². The first-order valence-electron chi connectivity index (χ1n) is 11.3. The van der Waals surface area contributed by atoms with Crippen LogP contribution >= 0.6 is 24.0 Å². The number of aliphatic imine (C=N–C) groups is 1. The van der Waals surface area contributed by atoms with Gasteiger partial charge in [0, 0.05) is 45.0 Å². The number of imidazole rings is 1. The van der Waals surface area contributed by atoms with Crippen LogP contribution in [0.4, 0.5) is 0 Å². The molecule has 8 heteroatoms. The van der Waals surface area contributed by atoms with E-state index in [9.17, 15) is 4.79 Å². The van der Waals surface area contributed by atoms with E-state index in [0.717, 1.165) is 70.7 Å². The summed E-state index contributed by atoms with van der Waals surface area (Å²) in [6, 6.07) is 0.439. The Morgan fingerprint density at radius 1 is 1.23 bits per heavy atom. The highest BCUT2D eigenvalue weighted by molar-refractivity contribution is 14.0. The van der Waals surface area contributed by atoms with E-state index in [-0.39, 0.29) is 29.9 Å². The molecule has 172 valence electrons. The molecule has 1 fully saturated rings. The summed E-state index contributed by atoms with van der Waals surface area (Å²) in [5.74, 6) is 1.60. The van der Waals surface area contributed by atoms with Crippen LogP contribution in [-0.4, -0.2) is 59.2 Å². The first kappa shape index (κ1) is 26.7. The van der Waals surface area contributed by atoms with Crippen molar-refractivity contribution in [3.05, 3.63) is 18.7 Å². The van der Waals surface area contributed by atoms with Gasteiger partial charge in [-0.1, -0.05) is 26.2 Å². The second-order valence-corrected chi connectivity index (χ2v) is 7.85. The smallest absolute Gasteiger partial charge is 0.305 e. The van der Waals surface area contributed by atoms with E-state index in [1.54, 1.807) is 0 Å². The molecule has 2 heterocycles. The quantitative estimate of drug-likeness (QED) is 0.151. The van der Waals surface area contributed by atoms with Gasteiger partial charge in [-0.15, -0.1) is 24.0 Å². The number of likely N-dealkylation sites (tertiary alicyclic amines) is 1. The zero-order chi connectivity index (χ0) is 20.9. The molecule has 1 saturated heterocycles. The molecular formula is C22H40IN5O2. The van der Waals surface area contributed by atoms with Gasteiger partial charge in [0.05, 0.1) is 19.0 Å². The van der Waals surface area contributed by atoms with Crippen LogP contribution in [0.5, 0.6) is 0 Å². The van der Waals surface area contributed by atoms with E-state index in [0.29, 0.717) is 25.0 Å². The van der Waals surface area contributed by atoms with Crippen molar-refractivity contribution in [2.75, 3.05) is 32.8 Å². The van der Waals surface area contributed by atoms with Crippen molar-refractivity contribution in [1.82, 2.24) is 19.8 Å². The summed E-state index contributed by atoms with van der Waals surface area (Å²) in [5.41, 5.74) is 0. The number of rotatable bonds is 11. The molecule has 0 aromatic carbocycles. The van der Waals surface area contributed by atoms with Crippen molar-refractivity contribution in [1.29, 1.82) is 0 Å². The van der Waals surface area contributed by atoms with Gasteiger partial charge >= 0.3 is 5.97 Å². The zero-order valence-electron chi connectivity index (χ0n) is 18.9. The fraction of sp³-hybridized carbons (Fsp3) is 0.773. The average molecular weight is 533 g/mol. The summed E-state index contributed by atoms with van der Waals surface area (Å²) in [5, 5.41) is 3.47. The van der Waals surface area contributed by atoms with Crippen molar-refractivity contribution in [3.63, 3.8) is 0 Å². The molecule has 0 radical (unpaired) electrons. The summed E-state index contributed by atoms with van der Waals surface area (Å²) in [4.78, 5) is 22.8. The Balaban J connectivity index is 0.00000450. The van der Waals surface area contributed by atoms with E-state index in [2.05, 4.69) is 39.8 Å². The SMILES string of the molecule is CCNC(=NCCCCCCCC(=O)OCC)N1CCC(C)C(n2ccnc2)C1.I. The maximum atomic E-state index is 11.3. The van der Waals surface area contributed by atoms with Gasteiger partial charge in [0.25, 0.3) is 0 Å². The fourth-order valence-corrected chi connectivity index (χ4v) is 3.85. The van der Waals surface area contributed by atoms with Gasteiger partial charge in [-0.3, -0.25) is 9.79 Å². The molecular weight excluding hydrogens is 493 g/mol. The maximum absolute atomic E-state index is 11.3. The largest absolute Gasteiger partial charge is 0.466 e. The number of carbonyl (C=O) groups excluding carboxylic acids is 1. The minimum atomic E-state index is -0.0720. The van der Waals surface area contributed by atoms with Crippen LogP contribution in [0.25, 0.3) is 0 Å². The topological polar surface area (TPSA) is 71.8 Å². The first-order chi connectivity index (χ1) is 14.2. The van der Waals surface area contributed by atoms with E-state index < -0.39 is 0 Å². The van der Waals surface area contributed by atoms with Crippen LogP contribution in [0.15, 0.2) is 23.7 Å². The third kappa shape index (κ3) is 9.22. The fourth-order valence-electron chi connectivity index (χ4n) is 3.85. The number of hydrogen-bond acceptors (Lipinski definition) is 4. The number of unbranched alkanes of at least 4 members (excludes halogenated alkanes) is 4. The third-order valence-corrected chi connectivity index (χ3v) is 5.57. The highest BCUT2D eigenvalue weighted by Gasteiger charge is 2.28. The molecule has 0 spiro atoms. The van der Waals surface area contributed by atoms with Crippen LogP contribution in [0, 0.1) is 5.92 Å². The minimum Gasteiger partial charge on any atom is -0.466 e. The summed E-state index contributed by atoms with van der Waals surface area (Å²) < 4.78 is 7.19. The van der Waals surface area contributed by atoms with Gasteiger partial charge in [-0.05, 0) is 39.0 Å². The van der Waals surface area contributed by atoms with Gasteiger partial charge in [-0.2, -0.15) is 0 Å². The number of halogens is 1. The normalized spacial score (nSPS) is 19.3. The molecule has 30 heavy (non-hydrogen) atoms. The molecule has 7 nitrogen and oxygen atoms in total. The molecule has 0 amide bonds. The molecule has 0 saturated carbocycles. The Morgan fingerprint density at radius 2 is 2.00 bits per heavy atom. The predicted molar refractivity (Wildman–Crippen MR) is 132 cm³/mol. The Labute approximate surface area is 199 Å². The monoisotopic (exact) mass is 533 g/mol. The maximum Gasteiger partial charge on any atom is 0.305 e. The Morgan fingerprint density at radius 3 is 2.70 bits per heavy atom. The number of esters is 1. The number of ether oxygens (including phenoxy) is 1. The van der Waals surface area contributed by atoms with Gasteiger partial charge in [0.2, 0.25) is 0 Å². The van der Waals surface area contributed by atoms with Crippen molar-refractivity contribution >= 4 is 35.9 Å². The van der Waals surface area contributed by atoms with Gasteiger partial charge < -0.3 is 19.5 Å². The number of carbonyl (C=O) groups is 1. The lowest BCUT2D eigenvalue weighted by Crippen LogP contribution is -2.49. The third-order valence-electron chi connectivity index (χ3n) is 5.57. The first-order valence-corrected chi connectivity index (χ1v) is 11.3. The number of guanidine groups is 1. The molecule has 2 atom stereocenters. The van der Waals surface area contributed by atoms with Crippen LogP contribution in [-0.2, 0) is 9.53 Å². The predicted octanol–water partition coefficient (Wildman–Crippen LogP) is 4.25. The number of aromatic nitrogens is 2. The molecule has 2 rings (SSSR count). The van der Waals surface area contributed by atoms with Crippen LogP contribution in [0.3, 0.4) is 0 Å². The molecule has 0 aliphatic carbocycles. The standard InChI is InChI=1S/C22H39N5O2.HI/c1-4-24-22(25-13-10-8-6-7-9-11-21(28)29-5-2)26-15-12-19(3)20(17-26)27-16-14-23-18-27;/h14,16,18-20H,4-13,15,17H2,1-3H3,(H,24,25);1H. The molecule has 1 aliphatic rings. The van der Waals surface area contributed by atoms with Crippen molar-refractivity contribution in [3.8, 4) is 0 Å². The summed E-state index contributed by atoms with van der Waals surface area (Å²) in [7, 11) is 0. The number of hydrogen-bond donors (Lipinski definition) is 1. The van der Waals surface area contributed by atoms with Crippen molar-refractivity contribution in [2.24, 2.45) is 10.9 Å². The second kappa shape index (κ2) is 15.5. The lowest BCUT2D eigenvalue weighted by molar-refractivity contribution is -0.143. The van der Waals surface area contributed by atoms with Crippen LogP contribution in [0.1, 0.15) is 71.8 Å². The van der Waals surface area contributed by atoms with E-state index in [1.165, 1.54) is 0 Å². The lowest BCUT2D eigenvalue weighted by Gasteiger charge is -2.39. The average Bonchev–Trinajstić information content (AvgIpc) is 3.24. The second-order valence-electron chi connectivity index (χ2n) is 7.85. The molecule has 1 aromatic rings. The summed E-state index contributed by atoms with van der Waals surface area (Å²) in [6.07, 6.45) is 13.0. The molecule has 1 N–H and O–H groups in total. The molecule has 2 unspecified atom stereocenters. The molecule has 0 bridgehead atoms. The Kier molecular flexibility index (Phi) is 13.8. The molecule has 1 aliphatic heterocycles. The van der Waals surface area contributed by atoms with Gasteiger partial charge in [0.1, 0.15) is 0 Å². The summed E-state index contributed by atoms with van der Waals surface area (Å²) >= 11 is 0.